The highest BCUT2D eigenvalue weighted by molar-refractivity contribution is 5.71. The zero-order valence-corrected chi connectivity index (χ0v) is 39.9. The van der Waals surface area contributed by atoms with Crippen LogP contribution in [-0.4, -0.2) is 37.2 Å². The van der Waals surface area contributed by atoms with Crippen molar-refractivity contribution in [1.29, 1.82) is 0 Å². The average Bonchev–Trinajstić information content (AvgIpc) is 3.26. The first-order valence-corrected chi connectivity index (χ1v) is 25.4. The molecular formula is C55H94O6. The lowest BCUT2D eigenvalue weighted by Crippen LogP contribution is -2.30. The topological polar surface area (TPSA) is 78.9 Å². The Morgan fingerprint density at radius 2 is 0.639 bits per heavy atom. The van der Waals surface area contributed by atoms with Gasteiger partial charge in [-0.05, 0) is 103 Å². The summed E-state index contributed by atoms with van der Waals surface area (Å²) in [7, 11) is 0. The summed E-state index contributed by atoms with van der Waals surface area (Å²) in [6, 6.07) is 0. The van der Waals surface area contributed by atoms with Crippen LogP contribution in [0.3, 0.4) is 0 Å². The van der Waals surface area contributed by atoms with E-state index in [4.69, 9.17) is 14.2 Å². The van der Waals surface area contributed by atoms with Crippen LogP contribution >= 0.6 is 0 Å². The van der Waals surface area contributed by atoms with Gasteiger partial charge in [0.1, 0.15) is 13.2 Å². The summed E-state index contributed by atoms with van der Waals surface area (Å²) in [4.78, 5) is 37.9. The van der Waals surface area contributed by atoms with Gasteiger partial charge in [-0.2, -0.15) is 0 Å². The number of esters is 3. The fourth-order valence-electron chi connectivity index (χ4n) is 6.90. The fraction of sp³-hybridized carbons (Fsp3) is 0.727. The molecule has 61 heavy (non-hydrogen) atoms. The number of hydrogen-bond donors (Lipinski definition) is 0. The SMILES string of the molecule is CC/C=C\C/C=C\C/C=C\CCCCCCCCCCCC(=O)OCC(COC(=O)CCCCCCC/C=C\CCCCC)OC(=O)CCCCCCC/C=C\C/C=C\CC. The largest absolute Gasteiger partial charge is 0.462 e. The van der Waals surface area contributed by atoms with E-state index in [1.54, 1.807) is 0 Å². The molecule has 0 aliphatic rings. The van der Waals surface area contributed by atoms with E-state index >= 15 is 0 Å². The maximum Gasteiger partial charge on any atom is 0.306 e. The van der Waals surface area contributed by atoms with Crippen LogP contribution in [0, 0.1) is 0 Å². The van der Waals surface area contributed by atoms with Crippen molar-refractivity contribution in [3.8, 4) is 0 Å². The van der Waals surface area contributed by atoms with E-state index in [1.165, 1.54) is 83.5 Å². The van der Waals surface area contributed by atoms with Gasteiger partial charge in [0.2, 0.25) is 0 Å². The second-order valence-corrected chi connectivity index (χ2v) is 16.7. The number of hydrogen-bond acceptors (Lipinski definition) is 6. The molecule has 0 aliphatic carbocycles. The molecule has 0 bridgehead atoms. The minimum absolute atomic E-state index is 0.0869. The summed E-state index contributed by atoms with van der Waals surface area (Å²) in [5.41, 5.74) is 0. The standard InChI is InChI=1S/C55H94O6/c1-4-7-10-13-16-19-22-25-26-27-28-29-30-31-34-36-39-42-45-48-54(57)60-51-52(61-55(58)49-46-43-40-37-33-24-21-18-15-12-9-6-3)50-59-53(56)47-44-41-38-35-32-23-20-17-14-11-8-5-2/h7,9-10,12,16-21,25-26,52H,4-6,8,11,13-15,22-24,27-51H2,1-3H3/b10-7-,12-9-,19-16-,20-17-,21-18-,26-25-. The summed E-state index contributed by atoms with van der Waals surface area (Å²) in [6.07, 6.45) is 61.7. The van der Waals surface area contributed by atoms with Crippen molar-refractivity contribution in [3.63, 3.8) is 0 Å². The van der Waals surface area contributed by atoms with Gasteiger partial charge in [-0.15, -0.1) is 0 Å². The van der Waals surface area contributed by atoms with Gasteiger partial charge in [0.05, 0.1) is 0 Å². The molecule has 0 aromatic rings. The second-order valence-electron chi connectivity index (χ2n) is 16.7. The Hall–Kier alpha value is -3.15. The molecule has 1 atom stereocenters. The number of carbonyl (C=O) groups excluding carboxylic acids is 3. The summed E-state index contributed by atoms with van der Waals surface area (Å²) >= 11 is 0. The number of allylic oxidation sites excluding steroid dienone is 12. The molecule has 0 amide bonds. The molecule has 0 fully saturated rings. The van der Waals surface area contributed by atoms with Gasteiger partial charge < -0.3 is 14.2 Å². The number of carbonyl (C=O) groups is 3. The molecule has 0 aliphatic heterocycles. The van der Waals surface area contributed by atoms with E-state index < -0.39 is 6.10 Å². The van der Waals surface area contributed by atoms with Crippen molar-refractivity contribution in [1.82, 2.24) is 0 Å². The van der Waals surface area contributed by atoms with Gasteiger partial charge in [-0.25, -0.2) is 0 Å². The Morgan fingerprint density at radius 1 is 0.344 bits per heavy atom. The maximum atomic E-state index is 12.8. The van der Waals surface area contributed by atoms with Gasteiger partial charge in [0.15, 0.2) is 6.10 Å². The Balaban J connectivity index is 4.35. The van der Waals surface area contributed by atoms with Gasteiger partial charge in [0.25, 0.3) is 0 Å². The molecule has 0 saturated carbocycles. The molecule has 0 radical (unpaired) electrons. The zero-order valence-electron chi connectivity index (χ0n) is 39.9. The van der Waals surface area contributed by atoms with Crippen molar-refractivity contribution in [3.05, 3.63) is 72.9 Å². The predicted molar refractivity (Wildman–Crippen MR) is 261 cm³/mol. The van der Waals surface area contributed by atoms with Crippen LogP contribution in [0.4, 0.5) is 0 Å². The third-order valence-electron chi connectivity index (χ3n) is 10.7. The third kappa shape index (κ3) is 47.7. The highest BCUT2D eigenvalue weighted by atomic mass is 16.6. The van der Waals surface area contributed by atoms with E-state index in [1.807, 2.05) is 0 Å². The van der Waals surface area contributed by atoms with Crippen LogP contribution in [0.1, 0.15) is 239 Å². The van der Waals surface area contributed by atoms with Crippen LogP contribution in [0.25, 0.3) is 0 Å². The molecule has 6 nitrogen and oxygen atoms in total. The molecule has 350 valence electrons. The number of rotatable bonds is 45. The molecule has 0 heterocycles. The quantitative estimate of drug-likeness (QED) is 0.0263. The van der Waals surface area contributed by atoms with Crippen LogP contribution in [0.5, 0.6) is 0 Å². The minimum atomic E-state index is -0.787. The molecule has 0 spiro atoms. The summed E-state index contributed by atoms with van der Waals surface area (Å²) in [5.74, 6) is -0.916. The van der Waals surface area contributed by atoms with E-state index in [-0.39, 0.29) is 31.1 Å². The van der Waals surface area contributed by atoms with Crippen LogP contribution in [-0.2, 0) is 28.6 Å². The van der Waals surface area contributed by atoms with E-state index in [9.17, 15) is 14.4 Å². The lowest BCUT2D eigenvalue weighted by molar-refractivity contribution is -0.167. The highest BCUT2D eigenvalue weighted by Gasteiger charge is 2.19. The Bertz CT molecular complexity index is 1160. The molecule has 0 N–H and O–H groups in total. The van der Waals surface area contributed by atoms with Gasteiger partial charge in [-0.1, -0.05) is 190 Å². The molecule has 0 saturated heterocycles. The molecule has 1 unspecified atom stereocenters. The van der Waals surface area contributed by atoms with Gasteiger partial charge >= 0.3 is 17.9 Å². The lowest BCUT2D eigenvalue weighted by Gasteiger charge is -2.18. The number of unbranched alkanes of at least 4 members (excludes halogenated alkanes) is 22. The van der Waals surface area contributed by atoms with E-state index in [0.717, 1.165) is 116 Å². The summed E-state index contributed by atoms with van der Waals surface area (Å²) < 4.78 is 16.8. The van der Waals surface area contributed by atoms with Crippen molar-refractivity contribution in [2.24, 2.45) is 0 Å². The van der Waals surface area contributed by atoms with Crippen molar-refractivity contribution < 1.29 is 28.6 Å². The van der Waals surface area contributed by atoms with Crippen molar-refractivity contribution >= 4 is 17.9 Å². The maximum absolute atomic E-state index is 12.8. The lowest BCUT2D eigenvalue weighted by atomic mass is 10.1. The molecule has 0 aromatic carbocycles. The third-order valence-corrected chi connectivity index (χ3v) is 10.7. The van der Waals surface area contributed by atoms with E-state index in [2.05, 4.69) is 93.7 Å². The molecule has 0 rings (SSSR count). The predicted octanol–water partition coefficient (Wildman–Crippen LogP) is 16.6. The molecule has 0 aromatic heterocycles. The monoisotopic (exact) mass is 851 g/mol. The molecule has 6 heteroatoms. The number of ether oxygens (including phenoxy) is 3. The van der Waals surface area contributed by atoms with Gasteiger partial charge in [0, 0.05) is 19.3 Å². The Morgan fingerprint density at radius 3 is 1.02 bits per heavy atom. The molecular weight excluding hydrogens is 757 g/mol. The summed E-state index contributed by atoms with van der Waals surface area (Å²) in [5, 5.41) is 0. The van der Waals surface area contributed by atoms with Crippen molar-refractivity contribution in [2.75, 3.05) is 13.2 Å². The normalized spacial score (nSPS) is 12.6. The van der Waals surface area contributed by atoms with Crippen LogP contribution < -0.4 is 0 Å². The highest BCUT2D eigenvalue weighted by Crippen LogP contribution is 2.14. The smallest absolute Gasteiger partial charge is 0.306 e. The van der Waals surface area contributed by atoms with Crippen LogP contribution in [0.15, 0.2) is 72.9 Å². The van der Waals surface area contributed by atoms with E-state index in [0.29, 0.717) is 19.3 Å². The first-order valence-electron chi connectivity index (χ1n) is 25.4. The van der Waals surface area contributed by atoms with Gasteiger partial charge in [-0.3, -0.25) is 14.4 Å². The Kier molecular flexibility index (Phi) is 46.9. The van der Waals surface area contributed by atoms with Crippen LogP contribution in [0.2, 0.25) is 0 Å². The summed E-state index contributed by atoms with van der Waals surface area (Å²) in [6.45, 7) is 6.37. The fourth-order valence-corrected chi connectivity index (χ4v) is 6.90. The zero-order chi connectivity index (χ0) is 44.4. The second kappa shape index (κ2) is 49.5. The van der Waals surface area contributed by atoms with Crippen molar-refractivity contribution in [2.45, 2.75) is 245 Å². The minimum Gasteiger partial charge on any atom is -0.462 e. The first-order chi connectivity index (χ1) is 30.0. The Labute approximate surface area is 376 Å². The first kappa shape index (κ1) is 57.9. The average molecular weight is 851 g/mol.